The van der Waals surface area contributed by atoms with Crippen LogP contribution in [-0.2, 0) is 0 Å². The van der Waals surface area contributed by atoms with Crippen LogP contribution in [0.15, 0.2) is 59.0 Å². The number of fused-ring (bicyclic) bond motifs is 2. The summed E-state index contributed by atoms with van der Waals surface area (Å²) < 4.78 is 11.9. The molecule has 1 spiro atoms. The molecule has 0 unspecified atom stereocenters. The van der Waals surface area contributed by atoms with Crippen LogP contribution in [-0.4, -0.2) is 23.3 Å². The zero-order chi connectivity index (χ0) is 19.1. The van der Waals surface area contributed by atoms with Gasteiger partial charge in [0.05, 0.1) is 12.0 Å². The maximum Gasteiger partial charge on any atom is 0.287 e. The van der Waals surface area contributed by atoms with Gasteiger partial charge in [0.15, 0.2) is 11.5 Å². The van der Waals surface area contributed by atoms with Gasteiger partial charge in [-0.3, -0.25) is 9.59 Å². The Bertz CT molecular complexity index is 1030. The monoisotopic (exact) mass is 375 g/mol. The van der Waals surface area contributed by atoms with Crippen molar-refractivity contribution >= 4 is 22.7 Å². The molecule has 5 rings (SSSR count). The van der Waals surface area contributed by atoms with Crippen molar-refractivity contribution in [3.8, 4) is 5.75 Å². The largest absolute Gasteiger partial charge is 0.486 e. The summed E-state index contributed by atoms with van der Waals surface area (Å²) >= 11 is 0. The Kier molecular flexibility index (Phi) is 3.97. The Morgan fingerprint density at radius 3 is 2.61 bits per heavy atom. The molecule has 1 fully saturated rings. The zero-order valence-corrected chi connectivity index (χ0v) is 15.4. The third kappa shape index (κ3) is 2.97. The number of nitrogens with one attached hydrogen (secondary N) is 1. The minimum absolute atomic E-state index is 0.0576. The van der Waals surface area contributed by atoms with Crippen LogP contribution in [0.1, 0.15) is 53.0 Å². The van der Waals surface area contributed by atoms with E-state index in [-0.39, 0.29) is 17.7 Å². The van der Waals surface area contributed by atoms with Crippen LogP contribution in [0.25, 0.3) is 11.0 Å². The van der Waals surface area contributed by atoms with Gasteiger partial charge >= 0.3 is 0 Å². The molecule has 1 aliphatic carbocycles. The summed E-state index contributed by atoms with van der Waals surface area (Å²) in [5, 5.41) is 3.99. The maximum atomic E-state index is 12.6. The van der Waals surface area contributed by atoms with E-state index in [0.717, 1.165) is 31.1 Å². The van der Waals surface area contributed by atoms with Gasteiger partial charge in [0, 0.05) is 11.4 Å². The van der Waals surface area contributed by atoms with Crippen molar-refractivity contribution in [1.82, 2.24) is 5.32 Å². The molecule has 0 atom stereocenters. The molecule has 1 saturated carbocycles. The molecule has 2 aliphatic rings. The number of amides is 1. The van der Waals surface area contributed by atoms with Crippen LogP contribution < -0.4 is 10.1 Å². The molecule has 5 nitrogen and oxygen atoms in total. The highest BCUT2D eigenvalue weighted by Crippen LogP contribution is 2.41. The number of furan rings is 1. The van der Waals surface area contributed by atoms with E-state index in [4.69, 9.17) is 9.15 Å². The number of rotatable bonds is 2. The second kappa shape index (κ2) is 6.51. The molecule has 0 bridgehead atoms. The van der Waals surface area contributed by atoms with Crippen molar-refractivity contribution in [2.45, 2.75) is 43.7 Å². The second-order valence-corrected chi connectivity index (χ2v) is 7.78. The van der Waals surface area contributed by atoms with Gasteiger partial charge in [0.1, 0.15) is 16.9 Å². The van der Waals surface area contributed by atoms with E-state index in [2.05, 4.69) is 5.32 Å². The Morgan fingerprint density at radius 2 is 1.79 bits per heavy atom. The number of hydrogen-bond donors (Lipinski definition) is 1. The first-order valence-corrected chi connectivity index (χ1v) is 9.73. The summed E-state index contributed by atoms with van der Waals surface area (Å²) in [4.78, 5) is 25.1. The fourth-order valence-corrected chi connectivity index (χ4v) is 4.36. The highest BCUT2D eigenvalue weighted by molar-refractivity contribution is 6.00. The molecule has 5 heteroatoms. The van der Waals surface area contributed by atoms with Crippen LogP contribution >= 0.6 is 0 Å². The lowest BCUT2D eigenvalue weighted by Crippen LogP contribution is -2.49. The Labute approximate surface area is 162 Å². The van der Waals surface area contributed by atoms with Gasteiger partial charge in [-0.2, -0.15) is 0 Å². The minimum atomic E-state index is -0.438. The quantitative estimate of drug-likeness (QED) is 0.716. The van der Waals surface area contributed by atoms with Crippen LogP contribution in [0.5, 0.6) is 5.75 Å². The van der Waals surface area contributed by atoms with E-state index in [9.17, 15) is 9.59 Å². The van der Waals surface area contributed by atoms with Gasteiger partial charge in [0.2, 0.25) is 0 Å². The lowest BCUT2D eigenvalue weighted by atomic mass is 9.76. The number of ketones is 1. The number of hydrogen-bond acceptors (Lipinski definition) is 4. The number of Topliss-reactive ketones (excluding diaryl/α,β-unsaturated/α-hetero) is 1. The van der Waals surface area contributed by atoms with Gasteiger partial charge < -0.3 is 14.5 Å². The summed E-state index contributed by atoms with van der Waals surface area (Å²) in [5.74, 6) is 0.970. The maximum absolute atomic E-state index is 12.6. The molecular weight excluding hydrogens is 354 g/mol. The topological polar surface area (TPSA) is 68.5 Å². The first-order chi connectivity index (χ1) is 13.6. The molecular formula is C23H21NO4. The fourth-order valence-electron chi connectivity index (χ4n) is 4.36. The van der Waals surface area contributed by atoms with Crippen LogP contribution in [0, 0.1) is 0 Å². The molecule has 2 aromatic carbocycles. The van der Waals surface area contributed by atoms with Crippen molar-refractivity contribution in [3.05, 3.63) is 65.9 Å². The van der Waals surface area contributed by atoms with E-state index < -0.39 is 5.60 Å². The smallest absolute Gasteiger partial charge is 0.287 e. The molecule has 1 amide bonds. The average Bonchev–Trinajstić information content (AvgIpc) is 3.14. The lowest BCUT2D eigenvalue weighted by Gasteiger charge is -2.42. The normalized spacial score (nSPS) is 24.0. The summed E-state index contributed by atoms with van der Waals surface area (Å²) in [7, 11) is 0. The van der Waals surface area contributed by atoms with Gasteiger partial charge in [-0.05, 0) is 49.9 Å². The van der Waals surface area contributed by atoms with E-state index in [1.165, 1.54) is 0 Å². The number of ether oxygens (including phenoxy) is 1. The van der Waals surface area contributed by atoms with Gasteiger partial charge in [0.25, 0.3) is 5.91 Å². The predicted molar refractivity (Wildman–Crippen MR) is 105 cm³/mol. The molecule has 142 valence electrons. The Balaban J connectivity index is 1.25. The standard InChI is InChI=1S/C23H21NO4/c25-18-14-23(28-20-8-4-2-6-17(18)20)11-9-16(10-12-23)24-22(26)21-13-15-5-1-3-7-19(15)27-21/h1-8,13,16H,9-12,14H2,(H,24,26). The van der Waals surface area contributed by atoms with Crippen molar-refractivity contribution < 1.29 is 18.7 Å². The highest BCUT2D eigenvalue weighted by Gasteiger charge is 2.43. The summed E-state index contributed by atoms with van der Waals surface area (Å²) in [5.41, 5.74) is 0.947. The summed E-state index contributed by atoms with van der Waals surface area (Å²) in [6.07, 6.45) is 3.47. The number of carbonyl (C=O) groups is 2. The Morgan fingerprint density at radius 1 is 1.04 bits per heavy atom. The van der Waals surface area contributed by atoms with E-state index in [0.29, 0.717) is 29.1 Å². The van der Waals surface area contributed by atoms with Gasteiger partial charge in [-0.25, -0.2) is 0 Å². The van der Waals surface area contributed by atoms with Crippen LogP contribution in [0.2, 0.25) is 0 Å². The molecule has 3 aromatic rings. The van der Waals surface area contributed by atoms with Crippen molar-refractivity contribution in [3.63, 3.8) is 0 Å². The average molecular weight is 375 g/mol. The van der Waals surface area contributed by atoms with Crippen molar-refractivity contribution in [2.24, 2.45) is 0 Å². The molecule has 1 N–H and O–H groups in total. The second-order valence-electron chi connectivity index (χ2n) is 7.78. The first kappa shape index (κ1) is 17.0. The Hall–Kier alpha value is -3.08. The van der Waals surface area contributed by atoms with Crippen molar-refractivity contribution in [1.29, 1.82) is 0 Å². The van der Waals surface area contributed by atoms with Gasteiger partial charge in [-0.15, -0.1) is 0 Å². The molecule has 28 heavy (non-hydrogen) atoms. The number of benzene rings is 2. The van der Waals surface area contributed by atoms with E-state index in [1.807, 2.05) is 48.5 Å². The van der Waals surface area contributed by atoms with Gasteiger partial charge in [-0.1, -0.05) is 30.3 Å². The molecule has 1 aliphatic heterocycles. The SMILES string of the molecule is O=C(NC1CCC2(CC1)CC(=O)c1ccccc1O2)c1cc2ccccc2o1. The number of carbonyl (C=O) groups excluding carboxylic acids is 2. The first-order valence-electron chi connectivity index (χ1n) is 9.73. The minimum Gasteiger partial charge on any atom is -0.486 e. The zero-order valence-electron chi connectivity index (χ0n) is 15.4. The highest BCUT2D eigenvalue weighted by atomic mass is 16.5. The van der Waals surface area contributed by atoms with Crippen molar-refractivity contribution in [2.75, 3.05) is 0 Å². The number of para-hydroxylation sites is 2. The fraction of sp³-hybridized carbons (Fsp3) is 0.304. The van der Waals surface area contributed by atoms with E-state index >= 15 is 0 Å². The third-order valence-electron chi connectivity index (χ3n) is 5.88. The predicted octanol–water partition coefficient (Wildman–Crippen LogP) is 4.51. The summed E-state index contributed by atoms with van der Waals surface area (Å²) in [6, 6.07) is 16.9. The van der Waals surface area contributed by atoms with Crippen LogP contribution in [0.4, 0.5) is 0 Å². The van der Waals surface area contributed by atoms with Crippen LogP contribution in [0.3, 0.4) is 0 Å². The lowest BCUT2D eigenvalue weighted by molar-refractivity contribution is 0.00695. The molecule has 0 radical (unpaired) electrons. The molecule has 0 saturated heterocycles. The summed E-state index contributed by atoms with van der Waals surface area (Å²) in [6.45, 7) is 0. The van der Waals surface area contributed by atoms with E-state index in [1.54, 1.807) is 6.07 Å². The molecule has 2 heterocycles. The third-order valence-corrected chi connectivity index (χ3v) is 5.88. The molecule has 1 aromatic heterocycles.